The van der Waals surface area contributed by atoms with Crippen LogP contribution in [0.5, 0.6) is 0 Å². The van der Waals surface area contributed by atoms with Gasteiger partial charge in [-0.3, -0.25) is 0 Å². The van der Waals surface area contributed by atoms with Gasteiger partial charge in [0.15, 0.2) is 0 Å². The van der Waals surface area contributed by atoms with E-state index in [4.69, 9.17) is 0 Å². The molecule has 24 heavy (non-hydrogen) atoms. The number of aliphatic hydroxyl groups is 1. The maximum atomic E-state index is 12.6. The minimum absolute atomic E-state index is 0.0881. The number of urea groups is 1. The van der Waals surface area contributed by atoms with Gasteiger partial charge < -0.3 is 20.2 Å². The van der Waals surface area contributed by atoms with Crippen molar-refractivity contribution in [2.75, 3.05) is 45.9 Å². The number of hydrogen-bond acceptors (Lipinski definition) is 3. The smallest absolute Gasteiger partial charge is 0.317 e. The molecule has 0 spiro atoms. The van der Waals surface area contributed by atoms with Gasteiger partial charge in [-0.1, -0.05) is 19.3 Å². The summed E-state index contributed by atoms with van der Waals surface area (Å²) in [4.78, 5) is 17.1. The van der Waals surface area contributed by atoms with Crippen LogP contribution < -0.4 is 5.32 Å². The third-order valence-electron chi connectivity index (χ3n) is 6.15. The molecule has 3 rings (SSSR count). The van der Waals surface area contributed by atoms with E-state index in [2.05, 4.69) is 10.2 Å². The van der Waals surface area contributed by atoms with Crippen molar-refractivity contribution in [2.45, 2.75) is 51.4 Å². The summed E-state index contributed by atoms with van der Waals surface area (Å²) in [5, 5.41) is 12.8. The number of carbonyl (C=O) groups is 1. The lowest BCUT2D eigenvalue weighted by Crippen LogP contribution is -2.51. The fourth-order valence-electron chi connectivity index (χ4n) is 4.81. The van der Waals surface area contributed by atoms with Gasteiger partial charge in [0.1, 0.15) is 0 Å². The van der Waals surface area contributed by atoms with Gasteiger partial charge in [0.05, 0.1) is 0 Å². The van der Waals surface area contributed by atoms with Crippen LogP contribution in [0.3, 0.4) is 0 Å². The Balaban J connectivity index is 1.47. The quantitative estimate of drug-likeness (QED) is 0.809. The zero-order valence-corrected chi connectivity index (χ0v) is 15.1. The van der Waals surface area contributed by atoms with E-state index in [1.807, 2.05) is 4.90 Å². The van der Waals surface area contributed by atoms with Crippen LogP contribution in [0.1, 0.15) is 51.4 Å². The molecule has 2 atom stereocenters. The predicted molar refractivity (Wildman–Crippen MR) is 95.9 cm³/mol. The molecule has 3 aliphatic rings. The molecule has 0 bridgehead atoms. The number of likely N-dealkylation sites (tertiary alicyclic amines) is 2. The van der Waals surface area contributed by atoms with Crippen molar-refractivity contribution in [2.24, 2.45) is 17.8 Å². The van der Waals surface area contributed by atoms with E-state index in [0.717, 1.165) is 26.1 Å². The number of rotatable bonds is 5. The van der Waals surface area contributed by atoms with Crippen LogP contribution in [0, 0.1) is 17.8 Å². The Bertz CT molecular complexity index is 392. The summed E-state index contributed by atoms with van der Waals surface area (Å²) >= 11 is 0. The van der Waals surface area contributed by atoms with Crippen molar-refractivity contribution < 1.29 is 9.90 Å². The van der Waals surface area contributed by atoms with Crippen LogP contribution >= 0.6 is 0 Å². The minimum atomic E-state index is 0.0881. The molecule has 0 unspecified atom stereocenters. The highest BCUT2D eigenvalue weighted by Gasteiger charge is 2.31. The zero-order valence-electron chi connectivity index (χ0n) is 15.1. The largest absolute Gasteiger partial charge is 0.396 e. The monoisotopic (exact) mass is 337 g/mol. The summed E-state index contributed by atoms with van der Waals surface area (Å²) in [7, 11) is 0. The van der Waals surface area contributed by atoms with Crippen LogP contribution in [0.4, 0.5) is 4.79 Å². The van der Waals surface area contributed by atoms with E-state index in [-0.39, 0.29) is 18.6 Å². The maximum absolute atomic E-state index is 12.6. The van der Waals surface area contributed by atoms with Crippen LogP contribution in [-0.4, -0.2) is 66.8 Å². The molecule has 1 aliphatic carbocycles. The number of aliphatic hydroxyl groups excluding tert-OH is 1. The second kappa shape index (κ2) is 9.04. The molecule has 2 N–H and O–H groups in total. The number of hydrogen-bond donors (Lipinski definition) is 2. The van der Waals surface area contributed by atoms with E-state index in [1.54, 1.807) is 0 Å². The van der Waals surface area contributed by atoms with E-state index in [1.165, 1.54) is 58.0 Å². The fraction of sp³-hybridized carbons (Fsp3) is 0.947. The SMILES string of the molecule is O=C(NCC1CCCCC1)N1C[C@@H](CN2CCCC2)C[C@H](CO)C1. The number of amides is 2. The van der Waals surface area contributed by atoms with Crippen molar-refractivity contribution in [3.8, 4) is 0 Å². The van der Waals surface area contributed by atoms with Gasteiger partial charge in [-0.15, -0.1) is 0 Å². The third kappa shape index (κ3) is 5.09. The predicted octanol–water partition coefficient (Wildman–Crippen LogP) is 2.30. The summed E-state index contributed by atoms with van der Waals surface area (Å²) in [5.41, 5.74) is 0. The lowest BCUT2D eigenvalue weighted by Gasteiger charge is -2.39. The lowest BCUT2D eigenvalue weighted by molar-refractivity contribution is 0.0851. The molecular formula is C19H35N3O2. The van der Waals surface area contributed by atoms with Gasteiger partial charge in [-0.2, -0.15) is 0 Å². The topological polar surface area (TPSA) is 55.8 Å². The normalized spacial score (nSPS) is 29.8. The highest BCUT2D eigenvalue weighted by Crippen LogP contribution is 2.25. The summed E-state index contributed by atoms with van der Waals surface area (Å²) < 4.78 is 0. The highest BCUT2D eigenvalue weighted by molar-refractivity contribution is 5.74. The average Bonchev–Trinajstić information content (AvgIpc) is 3.13. The molecule has 0 aromatic heterocycles. The Kier molecular flexibility index (Phi) is 6.78. The first-order valence-electron chi connectivity index (χ1n) is 10.1. The van der Waals surface area contributed by atoms with Gasteiger partial charge in [-0.05, 0) is 57.0 Å². The van der Waals surface area contributed by atoms with Gasteiger partial charge in [-0.25, -0.2) is 4.79 Å². The van der Waals surface area contributed by atoms with Gasteiger partial charge in [0.25, 0.3) is 0 Å². The Labute approximate surface area is 146 Å². The number of piperidine rings is 1. The summed E-state index contributed by atoms with van der Waals surface area (Å²) in [5.74, 6) is 1.42. The molecule has 0 radical (unpaired) electrons. The molecule has 2 amide bonds. The van der Waals surface area contributed by atoms with Crippen LogP contribution in [0.25, 0.3) is 0 Å². The van der Waals surface area contributed by atoms with Crippen molar-refractivity contribution in [3.63, 3.8) is 0 Å². The fourth-order valence-corrected chi connectivity index (χ4v) is 4.81. The molecule has 2 aliphatic heterocycles. The maximum Gasteiger partial charge on any atom is 0.317 e. The second-order valence-electron chi connectivity index (χ2n) is 8.25. The van der Waals surface area contributed by atoms with Gasteiger partial charge >= 0.3 is 6.03 Å². The Morgan fingerprint density at radius 1 is 0.958 bits per heavy atom. The van der Waals surface area contributed by atoms with E-state index < -0.39 is 0 Å². The van der Waals surface area contributed by atoms with Crippen molar-refractivity contribution in [3.05, 3.63) is 0 Å². The standard InChI is InChI=1S/C19H35N3O2/c23-15-18-10-17(12-21-8-4-5-9-21)13-22(14-18)19(24)20-11-16-6-2-1-3-7-16/h16-18,23H,1-15H2,(H,20,24)/t17-,18+/m1/s1. The van der Waals surface area contributed by atoms with E-state index >= 15 is 0 Å². The van der Waals surface area contributed by atoms with Crippen LogP contribution in [0.15, 0.2) is 0 Å². The Hall–Kier alpha value is -0.810. The zero-order chi connectivity index (χ0) is 16.8. The molecule has 0 aromatic carbocycles. The summed E-state index contributed by atoms with van der Waals surface area (Å²) in [6, 6.07) is 0.0881. The van der Waals surface area contributed by atoms with Gasteiger partial charge in [0, 0.05) is 38.7 Å². The average molecular weight is 338 g/mol. The first-order valence-corrected chi connectivity index (χ1v) is 10.1. The Morgan fingerprint density at radius 2 is 1.67 bits per heavy atom. The number of nitrogens with one attached hydrogen (secondary N) is 1. The van der Waals surface area contributed by atoms with E-state index in [0.29, 0.717) is 18.4 Å². The highest BCUT2D eigenvalue weighted by atomic mass is 16.3. The van der Waals surface area contributed by atoms with Crippen LogP contribution in [-0.2, 0) is 0 Å². The number of nitrogens with zero attached hydrogens (tertiary/aromatic N) is 2. The lowest BCUT2D eigenvalue weighted by atomic mass is 9.89. The van der Waals surface area contributed by atoms with Crippen molar-refractivity contribution >= 4 is 6.03 Å². The molecule has 3 fully saturated rings. The first kappa shape index (κ1) is 18.0. The molecule has 0 aromatic rings. The molecular weight excluding hydrogens is 302 g/mol. The minimum Gasteiger partial charge on any atom is -0.396 e. The Morgan fingerprint density at radius 3 is 2.38 bits per heavy atom. The third-order valence-corrected chi connectivity index (χ3v) is 6.15. The molecule has 5 nitrogen and oxygen atoms in total. The van der Waals surface area contributed by atoms with Gasteiger partial charge in [0.2, 0.25) is 0 Å². The second-order valence-corrected chi connectivity index (χ2v) is 8.25. The van der Waals surface area contributed by atoms with Crippen LogP contribution in [0.2, 0.25) is 0 Å². The molecule has 5 heteroatoms. The van der Waals surface area contributed by atoms with Crippen molar-refractivity contribution in [1.82, 2.24) is 15.1 Å². The van der Waals surface area contributed by atoms with Crippen molar-refractivity contribution in [1.29, 1.82) is 0 Å². The molecule has 2 heterocycles. The summed E-state index contributed by atoms with van der Waals surface area (Å²) in [6.45, 7) is 6.08. The molecule has 138 valence electrons. The van der Waals surface area contributed by atoms with E-state index in [9.17, 15) is 9.90 Å². The number of carbonyl (C=O) groups excluding carboxylic acids is 1. The summed E-state index contributed by atoms with van der Waals surface area (Å²) in [6.07, 6.45) is 10.2. The molecule has 1 saturated carbocycles. The molecule has 2 saturated heterocycles. The first-order chi connectivity index (χ1) is 11.7.